The van der Waals surface area contributed by atoms with Gasteiger partial charge in [-0.1, -0.05) is 24.3 Å². The Morgan fingerprint density at radius 3 is 1.04 bits per heavy atom. The van der Waals surface area contributed by atoms with Crippen molar-refractivity contribution in [1.82, 2.24) is 9.80 Å². The Labute approximate surface area is 154 Å². The predicted molar refractivity (Wildman–Crippen MR) is 95.0 cm³/mol. The maximum absolute atomic E-state index is 5.67. The number of epoxide rings is 4. The molecule has 0 bridgehead atoms. The van der Waals surface area contributed by atoms with Gasteiger partial charge in [0.15, 0.2) is 0 Å². The molecule has 0 saturated carbocycles. The second-order valence-corrected chi connectivity index (χ2v) is 8.84. The van der Waals surface area contributed by atoms with E-state index in [-0.39, 0.29) is 22.9 Å². The molecule has 0 amide bonds. The van der Waals surface area contributed by atoms with Crippen molar-refractivity contribution in [3.63, 3.8) is 0 Å². The molecule has 142 valence electrons. The molecule has 6 heteroatoms. The van der Waals surface area contributed by atoms with Gasteiger partial charge in [-0.2, -0.15) is 0 Å². The second-order valence-electron chi connectivity index (χ2n) is 8.84. The average molecular weight is 360 g/mol. The first-order chi connectivity index (χ1) is 12.2. The first-order valence-electron chi connectivity index (χ1n) is 9.44. The van der Waals surface area contributed by atoms with Gasteiger partial charge in [-0.3, -0.25) is 0 Å². The SMILES string of the molecule is CC1(N(Cc2ccc(CN(C3(C)CO3)C3(C)CO3)cc2)C2(C)CO2)CO1. The van der Waals surface area contributed by atoms with Gasteiger partial charge in [0.1, 0.15) is 22.9 Å². The fourth-order valence-corrected chi connectivity index (χ4v) is 3.83. The highest BCUT2D eigenvalue weighted by Crippen LogP contribution is 2.45. The monoisotopic (exact) mass is 360 g/mol. The largest absolute Gasteiger partial charge is 0.354 e. The molecule has 4 atom stereocenters. The van der Waals surface area contributed by atoms with Crippen LogP contribution < -0.4 is 0 Å². The maximum atomic E-state index is 5.67. The molecule has 1 aromatic carbocycles. The highest BCUT2D eigenvalue weighted by Gasteiger charge is 2.59. The zero-order chi connectivity index (χ0) is 18.2. The number of hydrogen-bond acceptors (Lipinski definition) is 6. The van der Waals surface area contributed by atoms with E-state index in [0.717, 1.165) is 39.5 Å². The predicted octanol–water partition coefficient (Wildman–Crippen LogP) is 2.28. The number of benzene rings is 1. The minimum Gasteiger partial charge on any atom is -0.354 e. The van der Waals surface area contributed by atoms with E-state index in [9.17, 15) is 0 Å². The molecule has 4 aliphatic heterocycles. The van der Waals surface area contributed by atoms with Crippen molar-refractivity contribution in [3.05, 3.63) is 35.4 Å². The van der Waals surface area contributed by atoms with Crippen LogP contribution in [0.2, 0.25) is 0 Å². The summed E-state index contributed by atoms with van der Waals surface area (Å²) in [6.07, 6.45) is 0. The van der Waals surface area contributed by atoms with E-state index in [4.69, 9.17) is 18.9 Å². The molecule has 0 aliphatic carbocycles. The summed E-state index contributed by atoms with van der Waals surface area (Å²) in [5.74, 6) is 0. The van der Waals surface area contributed by atoms with Crippen LogP contribution in [0.1, 0.15) is 38.8 Å². The first kappa shape index (κ1) is 17.1. The molecule has 0 N–H and O–H groups in total. The van der Waals surface area contributed by atoms with Crippen molar-refractivity contribution in [1.29, 1.82) is 0 Å². The van der Waals surface area contributed by atoms with Gasteiger partial charge in [0, 0.05) is 13.1 Å². The topological polar surface area (TPSA) is 56.6 Å². The van der Waals surface area contributed by atoms with Crippen molar-refractivity contribution >= 4 is 0 Å². The normalized spacial score (nSPS) is 43.0. The maximum Gasteiger partial charge on any atom is 0.145 e. The van der Waals surface area contributed by atoms with Crippen LogP contribution in [0, 0.1) is 0 Å². The van der Waals surface area contributed by atoms with Crippen molar-refractivity contribution in [2.45, 2.75) is 63.7 Å². The summed E-state index contributed by atoms with van der Waals surface area (Å²) in [5.41, 5.74) is 1.81. The molecule has 4 heterocycles. The van der Waals surface area contributed by atoms with Crippen molar-refractivity contribution in [2.75, 3.05) is 26.4 Å². The lowest BCUT2D eigenvalue weighted by Crippen LogP contribution is -2.45. The fraction of sp³-hybridized carbons (Fsp3) is 0.700. The first-order valence-corrected chi connectivity index (χ1v) is 9.44. The lowest BCUT2D eigenvalue weighted by atomic mass is 10.1. The molecule has 1 aromatic rings. The van der Waals surface area contributed by atoms with Crippen LogP contribution in [0.15, 0.2) is 24.3 Å². The van der Waals surface area contributed by atoms with Crippen LogP contribution in [0.4, 0.5) is 0 Å². The number of ether oxygens (including phenoxy) is 4. The van der Waals surface area contributed by atoms with E-state index in [1.54, 1.807) is 0 Å². The molecular weight excluding hydrogens is 332 g/mol. The van der Waals surface area contributed by atoms with Gasteiger partial charge in [-0.05, 0) is 38.8 Å². The van der Waals surface area contributed by atoms with E-state index >= 15 is 0 Å². The van der Waals surface area contributed by atoms with Crippen LogP contribution in [-0.2, 0) is 32.0 Å². The third-order valence-corrected chi connectivity index (χ3v) is 6.24. The van der Waals surface area contributed by atoms with Crippen LogP contribution in [0.3, 0.4) is 0 Å². The smallest absolute Gasteiger partial charge is 0.145 e. The third kappa shape index (κ3) is 2.99. The Morgan fingerprint density at radius 1 is 0.615 bits per heavy atom. The third-order valence-electron chi connectivity index (χ3n) is 6.24. The molecule has 4 saturated heterocycles. The number of hydrogen-bond donors (Lipinski definition) is 0. The Hall–Kier alpha value is -1.02. The average Bonchev–Trinajstić information content (AvgIpc) is 3.38. The lowest BCUT2D eigenvalue weighted by Gasteiger charge is -2.31. The minimum atomic E-state index is -0.184. The summed E-state index contributed by atoms with van der Waals surface area (Å²) in [6, 6.07) is 8.85. The van der Waals surface area contributed by atoms with Crippen LogP contribution >= 0.6 is 0 Å². The number of rotatable bonds is 8. The summed E-state index contributed by atoms with van der Waals surface area (Å²) in [7, 11) is 0. The molecule has 4 unspecified atom stereocenters. The fourth-order valence-electron chi connectivity index (χ4n) is 3.83. The summed E-state index contributed by atoms with van der Waals surface area (Å²) in [4.78, 5) is 4.67. The Balaban J connectivity index is 1.28. The Morgan fingerprint density at radius 2 is 0.846 bits per heavy atom. The highest BCUT2D eigenvalue weighted by atomic mass is 16.7. The van der Waals surface area contributed by atoms with E-state index in [1.807, 2.05) is 0 Å². The van der Waals surface area contributed by atoms with Gasteiger partial charge in [-0.25, -0.2) is 9.80 Å². The van der Waals surface area contributed by atoms with Gasteiger partial charge in [0.25, 0.3) is 0 Å². The zero-order valence-corrected chi connectivity index (χ0v) is 16.1. The summed E-state index contributed by atoms with van der Waals surface area (Å²) in [5, 5.41) is 0. The van der Waals surface area contributed by atoms with Gasteiger partial charge in [0.05, 0.1) is 26.4 Å². The van der Waals surface area contributed by atoms with Gasteiger partial charge in [-0.15, -0.1) is 0 Å². The lowest BCUT2D eigenvalue weighted by molar-refractivity contribution is -0.0140. The number of nitrogens with zero attached hydrogens (tertiary/aromatic N) is 2. The van der Waals surface area contributed by atoms with Gasteiger partial charge < -0.3 is 18.9 Å². The van der Waals surface area contributed by atoms with Gasteiger partial charge in [0.2, 0.25) is 0 Å². The molecule has 4 aliphatic rings. The van der Waals surface area contributed by atoms with Crippen LogP contribution in [0.25, 0.3) is 0 Å². The van der Waals surface area contributed by atoms with Crippen LogP contribution in [0.5, 0.6) is 0 Å². The molecule has 6 nitrogen and oxygen atoms in total. The molecular formula is C20H28N2O4. The summed E-state index contributed by atoms with van der Waals surface area (Å²) < 4.78 is 22.7. The summed E-state index contributed by atoms with van der Waals surface area (Å²) in [6.45, 7) is 13.3. The standard InChI is InChI=1S/C20H28N2O4/c1-17(11-23-17)21(18(2)12-24-18)9-15-5-7-16(8-6-15)10-22(19(3)13-25-19)20(4)14-26-20/h5-8H,9-14H2,1-4H3. The molecule has 0 radical (unpaired) electrons. The quantitative estimate of drug-likeness (QED) is 0.663. The molecule has 0 aromatic heterocycles. The summed E-state index contributed by atoms with van der Waals surface area (Å²) >= 11 is 0. The molecule has 5 rings (SSSR count). The molecule has 0 spiro atoms. The van der Waals surface area contributed by atoms with Crippen molar-refractivity contribution < 1.29 is 18.9 Å². The van der Waals surface area contributed by atoms with E-state index in [2.05, 4.69) is 61.8 Å². The Kier molecular flexibility index (Phi) is 3.47. The van der Waals surface area contributed by atoms with E-state index in [0.29, 0.717) is 0 Å². The van der Waals surface area contributed by atoms with E-state index in [1.165, 1.54) is 11.1 Å². The molecule has 4 fully saturated rings. The van der Waals surface area contributed by atoms with Crippen molar-refractivity contribution in [3.8, 4) is 0 Å². The molecule has 26 heavy (non-hydrogen) atoms. The van der Waals surface area contributed by atoms with Gasteiger partial charge >= 0.3 is 0 Å². The second kappa shape index (κ2) is 5.28. The Bertz CT molecular complexity index is 606. The minimum absolute atomic E-state index is 0.184. The van der Waals surface area contributed by atoms with Crippen LogP contribution in [-0.4, -0.2) is 59.1 Å². The van der Waals surface area contributed by atoms with Crippen molar-refractivity contribution in [2.24, 2.45) is 0 Å². The zero-order valence-electron chi connectivity index (χ0n) is 16.1. The highest BCUT2D eigenvalue weighted by molar-refractivity contribution is 5.24. The van der Waals surface area contributed by atoms with E-state index < -0.39 is 0 Å².